The van der Waals surface area contributed by atoms with Crippen LogP contribution < -0.4 is 0 Å². The molecule has 3 heteroatoms. The van der Waals surface area contributed by atoms with Crippen LogP contribution in [0.1, 0.15) is 51.4 Å². The smallest absolute Gasteiger partial charge is 0.0648 e. The number of oxime groups is 1. The molecular formula is C14H24N2O. The van der Waals surface area contributed by atoms with E-state index in [1.165, 1.54) is 64.5 Å². The molecule has 3 atom stereocenters. The van der Waals surface area contributed by atoms with E-state index >= 15 is 0 Å². The lowest BCUT2D eigenvalue weighted by atomic mass is 9.67. The van der Waals surface area contributed by atoms with E-state index in [1.54, 1.807) is 0 Å². The van der Waals surface area contributed by atoms with E-state index in [1.807, 2.05) is 0 Å². The number of fused-ring (bicyclic) bond motifs is 2. The number of hydrogen-bond acceptors (Lipinski definition) is 3. The highest BCUT2D eigenvalue weighted by Crippen LogP contribution is 2.40. The molecular weight excluding hydrogens is 212 g/mol. The van der Waals surface area contributed by atoms with Gasteiger partial charge in [0.25, 0.3) is 0 Å². The Hall–Kier alpha value is -0.570. The molecule has 1 N–H and O–H groups in total. The van der Waals surface area contributed by atoms with Crippen LogP contribution in [-0.2, 0) is 0 Å². The van der Waals surface area contributed by atoms with Crippen LogP contribution in [0, 0.1) is 11.8 Å². The van der Waals surface area contributed by atoms with Gasteiger partial charge in [0.2, 0.25) is 0 Å². The normalized spacial score (nSPS) is 41.6. The molecule has 3 fully saturated rings. The molecule has 0 spiro atoms. The third-order valence-corrected chi connectivity index (χ3v) is 5.12. The number of nitrogens with zero attached hydrogens (tertiary/aromatic N) is 2. The van der Waals surface area contributed by atoms with Gasteiger partial charge in [-0.3, -0.25) is 4.90 Å². The summed E-state index contributed by atoms with van der Waals surface area (Å²) in [4.78, 5) is 2.68. The zero-order valence-electron chi connectivity index (χ0n) is 10.6. The summed E-state index contributed by atoms with van der Waals surface area (Å²) in [7, 11) is 0. The van der Waals surface area contributed by atoms with Crippen LogP contribution in [0.15, 0.2) is 5.16 Å². The summed E-state index contributed by atoms with van der Waals surface area (Å²) >= 11 is 0. The largest absolute Gasteiger partial charge is 0.411 e. The molecule has 2 bridgehead atoms. The molecule has 0 amide bonds. The zero-order valence-corrected chi connectivity index (χ0v) is 10.6. The van der Waals surface area contributed by atoms with Crippen molar-refractivity contribution in [2.24, 2.45) is 17.0 Å². The van der Waals surface area contributed by atoms with Gasteiger partial charge in [-0.1, -0.05) is 18.0 Å². The summed E-state index contributed by atoms with van der Waals surface area (Å²) in [6.07, 6.45) is 10.5. The molecule has 0 aromatic rings. The molecule has 1 saturated heterocycles. The van der Waals surface area contributed by atoms with Gasteiger partial charge in [-0.2, -0.15) is 0 Å². The second kappa shape index (κ2) is 4.97. The lowest BCUT2D eigenvalue weighted by Gasteiger charge is -2.46. The van der Waals surface area contributed by atoms with Crippen LogP contribution in [-0.4, -0.2) is 35.0 Å². The van der Waals surface area contributed by atoms with Crippen LogP contribution in [0.2, 0.25) is 0 Å². The number of hydrogen-bond donors (Lipinski definition) is 1. The summed E-state index contributed by atoms with van der Waals surface area (Å²) < 4.78 is 0. The number of rotatable bonds is 1. The predicted octanol–water partition coefficient (Wildman–Crippen LogP) is 2.88. The molecule has 3 nitrogen and oxygen atoms in total. The highest BCUT2D eigenvalue weighted by Gasteiger charge is 2.41. The van der Waals surface area contributed by atoms with Gasteiger partial charge < -0.3 is 5.21 Å². The first-order valence-corrected chi connectivity index (χ1v) is 7.36. The van der Waals surface area contributed by atoms with Crippen molar-refractivity contribution in [3.63, 3.8) is 0 Å². The van der Waals surface area contributed by atoms with E-state index in [4.69, 9.17) is 0 Å². The van der Waals surface area contributed by atoms with Crippen molar-refractivity contribution < 1.29 is 5.21 Å². The number of piperidine rings is 1. The molecule has 2 aliphatic carbocycles. The fourth-order valence-electron chi connectivity index (χ4n) is 4.28. The third kappa shape index (κ3) is 2.10. The standard InChI is InChI=1S/C14H24N2O/c17-15-14-11-5-4-6-12(14)13(8-7-11)16-9-2-1-3-10-16/h11-13,17H,1-10H2/b15-14+/t11-,12+,13-/m1/s1. The Bertz CT molecular complexity index is 297. The fraction of sp³-hybridized carbons (Fsp3) is 0.929. The van der Waals surface area contributed by atoms with Crippen molar-refractivity contribution in [3.05, 3.63) is 0 Å². The average molecular weight is 236 g/mol. The molecule has 96 valence electrons. The van der Waals surface area contributed by atoms with Crippen molar-refractivity contribution >= 4 is 5.71 Å². The molecule has 17 heavy (non-hydrogen) atoms. The van der Waals surface area contributed by atoms with Gasteiger partial charge in [-0.25, -0.2) is 0 Å². The molecule has 3 aliphatic rings. The maximum Gasteiger partial charge on any atom is 0.0648 e. The summed E-state index contributed by atoms with van der Waals surface area (Å²) in [5.74, 6) is 1.16. The van der Waals surface area contributed by atoms with E-state index in [-0.39, 0.29) is 0 Å². The Balaban J connectivity index is 1.76. The third-order valence-electron chi connectivity index (χ3n) is 5.12. The fourth-order valence-corrected chi connectivity index (χ4v) is 4.28. The molecule has 0 unspecified atom stereocenters. The van der Waals surface area contributed by atoms with E-state index in [2.05, 4.69) is 10.1 Å². The molecule has 2 saturated carbocycles. The molecule has 0 aromatic carbocycles. The van der Waals surface area contributed by atoms with Crippen molar-refractivity contribution in [2.45, 2.75) is 57.4 Å². The maximum absolute atomic E-state index is 9.28. The van der Waals surface area contributed by atoms with Gasteiger partial charge in [0.1, 0.15) is 0 Å². The molecule has 0 aromatic heterocycles. The van der Waals surface area contributed by atoms with E-state index < -0.39 is 0 Å². The van der Waals surface area contributed by atoms with Gasteiger partial charge in [0, 0.05) is 17.9 Å². The molecule has 3 rings (SSSR count). The minimum atomic E-state index is 0.561. The van der Waals surface area contributed by atoms with Crippen molar-refractivity contribution in [1.29, 1.82) is 0 Å². The van der Waals surface area contributed by atoms with E-state index in [0.29, 0.717) is 17.9 Å². The lowest BCUT2D eigenvalue weighted by Crippen LogP contribution is -2.51. The molecule has 0 radical (unpaired) electrons. The van der Waals surface area contributed by atoms with Gasteiger partial charge >= 0.3 is 0 Å². The minimum Gasteiger partial charge on any atom is -0.411 e. The van der Waals surface area contributed by atoms with Crippen molar-refractivity contribution in [2.75, 3.05) is 13.1 Å². The van der Waals surface area contributed by atoms with E-state index in [9.17, 15) is 5.21 Å². The van der Waals surface area contributed by atoms with Crippen molar-refractivity contribution in [1.82, 2.24) is 4.90 Å². The Morgan fingerprint density at radius 3 is 2.53 bits per heavy atom. The SMILES string of the molecule is O/N=C1\[C@@H]2CCC[C@H]1[C@H](N1CCCCC1)CC2. The first-order chi connectivity index (χ1) is 8.40. The molecule has 1 aliphatic heterocycles. The van der Waals surface area contributed by atoms with Gasteiger partial charge in [0.05, 0.1) is 5.71 Å². The quantitative estimate of drug-likeness (QED) is 0.561. The first-order valence-electron chi connectivity index (χ1n) is 7.36. The van der Waals surface area contributed by atoms with Crippen LogP contribution in [0.3, 0.4) is 0 Å². The topological polar surface area (TPSA) is 35.8 Å². The average Bonchev–Trinajstić information content (AvgIpc) is 2.39. The second-order valence-corrected chi connectivity index (χ2v) is 6.00. The number of likely N-dealkylation sites (tertiary alicyclic amines) is 1. The van der Waals surface area contributed by atoms with Crippen LogP contribution >= 0.6 is 0 Å². The maximum atomic E-state index is 9.28. The van der Waals surface area contributed by atoms with Gasteiger partial charge in [0.15, 0.2) is 0 Å². The first kappa shape index (κ1) is 11.5. The lowest BCUT2D eigenvalue weighted by molar-refractivity contribution is 0.0972. The van der Waals surface area contributed by atoms with Gasteiger partial charge in [-0.05, 0) is 51.6 Å². The highest BCUT2D eigenvalue weighted by molar-refractivity contribution is 5.90. The van der Waals surface area contributed by atoms with Crippen LogP contribution in [0.5, 0.6) is 0 Å². The van der Waals surface area contributed by atoms with E-state index in [0.717, 1.165) is 5.71 Å². The molecule has 1 heterocycles. The van der Waals surface area contributed by atoms with Crippen LogP contribution in [0.25, 0.3) is 0 Å². The summed E-state index contributed by atoms with van der Waals surface area (Å²) in [6.45, 7) is 2.54. The minimum absolute atomic E-state index is 0.561. The zero-order chi connectivity index (χ0) is 11.7. The second-order valence-electron chi connectivity index (χ2n) is 6.00. The van der Waals surface area contributed by atoms with Gasteiger partial charge in [-0.15, -0.1) is 0 Å². The summed E-state index contributed by atoms with van der Waals surface area (Å²) in [5.41, 5.74) is 1.14. The Morgan fingerprint density at radius 2 is 1.76 bits per heavy atom. The van der Waals surface area contributed by atoms with Crippen molar-refractivity contribution in [3.8, 4) is 0 Å². The summed E-state index contributed by atoms with van der Waals surface area (Å²) in [5, 5.41) is 12.9. The van der Waals surface area contributed by atoms with Crippen LogP contribution in [0.4, 0.5) is 0 Å². The Kier molecular flexibility index (Phi) is 3.37. The Labute approximate surface area is 104 Å². The predicted molar refractivity (Wildman–Crippen MR) is 68.5 cm³/mol. The highest BCUT2D eigenvalue weighted by atomic mass is 16.4. The summed E-state index contributed by atoms with van der Waals surface area (Å²) in [6, 6.07) is 0.678. The monoisotopic (exact) mass is 236 g/mol. The Morgan fingerprint density at radius 1 is 0.941 bits per heavy atom.